The van der Waals surface area contributed by atoms with Crippen LogP contribution >= 0.6 is 0 Å². The van der Waals surface area contributed by atoms with Crippen LogP contribution in [0.4, 0.5) is 0 Å². The first-order valence-corrected chi connectivity index (χ1v) is 6.08. The van der Waals surface area contributed by atoms with E-state index in [0.29, 0.717) is 0 Å². The third-order valence-corrected chi connectivity index (χ3v) is 4.06. The summed E-state index contributed by atoms with van der Waals surface area (Å²) in [7, 11) is 0. The molecule has 84 valence electrons. The Morgan fingerprint density at radius 1 is 1.29 bits per heavy atom. The van der Waals surface area contributed by atoms with Gasteiger partial charge in [-0.2, -0.15) is 0 Å². The van der Waals surface area contributed by atoms with Gasteiger partial charge in [-0.25, -0.2) is 0 Å². The Bertz CT molecular complexity index is 607. The summed E-state index contributed by atoms with van der Waals surface area (Å²) in [6, 6.07) is 8.71. The first-order chi connectivity index (χ1) is 8.28. The molecule has 0 fully saturated rings. The summed E-state index contributed by atoms with van der Waals surface area (Å²) in [5.41, 5.74) is 7.01. The van der Waals surface area contributed by atoms with E-state index in [1.54, 1.807) is 0 Å². The minimum absolute atomic E-state index is 0.0758. The summed E-state index contributed by atoms with van der Waals surface area (Å²) in [4.78, 5) is 4.37. The van der Waals surface area contributed by atoms with Gasteiger partial charge in [-0.05, 0) is 30.6 Å². The minimum Gasteiger partial charge on any atom is -0.375 e. The maximum absolute atomic E-state index is 4.37. The number of dihydropyridines is 1. The van der Waals surface area contributed by atoms with E-state index in [1.165, 1.54) is 28.0 Å². The standard InChI is InChI=1S/C15H14N2/c1-15-8-10-6-7-16-9-12(10)14(17-15)11-4-2-3-5-13(11)15/h2-7,17H,8-9H2,1H3. The number of nitrogens with zero attached hydrogens (tertiary/aromatic N) is 1. The average Bonchev–Trinajstić information content (AvgIpc) is 2.60. The van der Waals surface area contributed by atoms with E-state index >= 15 is 0 Å². The van der Waals surface area contributed by atoms with Crippen LogP contribution < -0.4 is 5.32 Å². The van der Waals surface area contributed by atoms with Gasteiger partial charge >= 0.3 is 0 Å². The number of benzene rings is 1. The van der Waals surface area contributed by atoms with Crippen molar-refractivity contribution in [1.29, 1.82) is 0 Å². The second-order valence-electron chi connectivity index (χ2n) is 5.21. The topological polar surface area (TPSA) is 24.4 Å². The maximum atomic E-state index is 4.37. The lowest BCUT2D eigenvalue weighted by Crippen LogP contribution is -2.37. The highest BCUT2D eigenvalue weighted by atomic mass is 15.0. The molecule has 0 radical (unpaired) electrons. The van der Waals surface area contributed by atoms with Gasteiger partial charge in [-0.3, -0.25) is 4.99 Å². The van der Waals surface area contributed by atoms with Gasteiger partial charge in [0.2, 0.25) is 0 Å². The molecule has 0 aromatic heterocycles. The van der Waals surface area contributed by atoms with Crippen molar-refractivity contribution < 1.29 is 0 Å². The predicted molar refractivity (Wildman–Crippen MR) is 69.9 cm³/mol. The van der Waals surface area contributed by atoms with E-state index in [-0.39, 0.29) is 5.54 Å². The second-order valence-corrected chi connectivity index (χ2v) is 5.21. The van der Waals surface area contributed by atoms with Gasteiger partial charge in [0, 0.05) is 23.0 Å². The van der Waals surface area contributed by atoms with Gasteiger partial charge in [-0.15, -0.1) is 0 Å². The van der Waals surface area contributed by atoms with Crippen molar-refractivity contribution in [3.05, 3.63) is 52.6 Å². The molecular weight excluding hydrogens is 208 g/mol. The molecule has 2 heteroatoms. The average molecular weight is 222 g/mol. The number of rotatable bonds is 0. The lowest BCUT2D eigenvalue weighted by molar-refractivity contribution is 0.432. The highest BCUT2D eigenvalue weighted by Gasteiger charge is 2.42. The van der Waals surface area contributed by atoms with E-state index in [0.717, 1.165) is 13.0 Å². The van der Waals surface area contributed by atoms with Crippen molar-refractivity contribution in [2.24, 2.45) is 4.99 Å². The van der Waals surface area contributed by atoms with Gasteiger partial charge < -0.3 is 5.32 Å². The molecule has 0 spiro atoms. The molecule has 1 atom stereocenters. The third kappa shape index (κ3) is 1.08. The van der Waals surface area contributed by atoms with E-state index < -0.39 is 0 Å². The summed E-state index contributed by atoms with van der Waals surface area (Å²) >= 11 is 0. The molecule has 0 saturated carbocycles. The van der Waals surface area contributed by atoms with Crippen LogP contribution in [0, 0.1) is 0 Å². The molecule has 3 heterocycles. The Morgan fingerprint density at radius 3 is 3.12 bits per heavy atom. The number of hydrogen-bond acceptors (Lipinski definition) is 2. The van der Waals surface area contributed by atoms with E-state index in [2.05, 4.69) is 47.6 Å². The first kappa shape index (κ1) is 9.23. The fraction of sp³-hybridized carbons (Fsp3) is 0.267. The van der Waals surface area contributed by atoms with Crippen molar-refractivity contribution in [3.63, 3.8) is 0 Å². The van der Waals surface area contributed by atoms with E-state index in [9.17, 15) is 0 Å². The first-order valence-electron chi connectivity index (χ1n) is 6.08. The van der Waals surface area contributed by atoms with Crippen LogP contribution in [0.5, 0.6) is 0 Å². The quantitative estimate of drug-likeness (QED) is 0.717. The number of aliphatic imine (C=N–C) groups is 1. The Kier molecular flexibility index (Phi) is 1.57. The summed E-state index contributed by atoms with van der Waals surface area (Å²) in [5, 5.41) is 3.70. The largest absolute Gasteiger partial charge is 0.375 e. The van der Waals surface area contributed by atoms with Gasteiger partial charge in [0.15, 0.2) is 0 Å². The fourth-order valence-electron chi connectivity index (χ4n) is 3.25. The zero-order valence-electron chi connectivity index (χ0n) is 9.83. The lowest BCUT2D eigenvalue weighted by atomic mass is 9.84. The van der Waals surface area contributed by atoms with E-state index in [1.807, 2.05) is 6.21 Å². The Morgan fingerprint density at radius 2 is 2.18 bits per heavy atom. The molecule has 4 rings (SSSR count). The molecule has 1 N–H and O–H groups in total. The molecule has 0 aliphatic carbocycles. The van der Waals surface area contributed by atoms with Crippen LogP contribution in [0.2, 0.25) is 0 Å². The van der Waals surface area contributed by atoms with Crippen molar-refractivity contribution in [2.75, 3.05) is 6.54 Å². The Hall–Kier alpha value is -1.83. The van der Waals surface area contributed by atoms with Crippen molar-refractivity contribution >= 4 is 11.9 Å². The molecule has 1 aromatic carbocycles. The Labute approximate surface area is 101 Å². The number of fused-ring (bicyclic) bond motifs is 6. The van der Waals surface area contributed by atoms with Crippen LogP contribution in [0.1, 0.15) is 24.5 Å². The molecule has 17 heavy (non-hydrogen) atoms. The van der Waals surface area contributed by atoms with Gasteiger partial charge in [-0.1, -0.05) is 24.3 Å². The van der Waals surface area contributed by atoms with Gasteiger partial charge in [0.25, 0.3) is 0 Å². The van der Waals surface area contributed by atoms with Crippen LogP contribution in [0.15, 0.2) is 46.5 Å². The lowest BCUT2D eigenvalue weighted by Gasteiger charge is -2.33. The molecule has 2 bridgehead atoms. The highest BCUT2D eigenvalue weighted by molar-refractivity contribution is 5.86. The third-order valence-electron chi connectivity index (χ3n) is 4.06. The second kappa shape index (κ2) is 2.89. The molecular formula is C15H14N2. The molecule has 2 nitrogen and oxygen atoms in total. The normalized spacial score (nSPS) is 28.4. The van der Waals surface area contributed by atoms with Crippen molar-refractivity contribution in [1.82, 2.24) is 5.32 Å². The molecule has 0 amide bonds. The maximum Gasteiger partial charge on any atom is 0.0662 e. The zero-order chi connectivity index (χ0) is 11.5. The fourth-order valence-corrected chi connectivity index (χ4v) is 3.25. The molecule has 3 aliphatic heterocycles. The molecule has 3 aliphatic rings. The highest BCUT2D eigenvalue weighted by Crippen LogP contribution is 2.48. The zero-order valence-corrected chi connectivity index (χ0v) is 9.83. The molecule has 1 unspecified atom stereocenters. The van der Waals surface area contributed by atoms with Crippen molar-refractivity contribution in [2.45, 2.75) is 18.9 Å². The van der Waals surface area contributed by atoms with E-state index in [4.69, 9.17) is 0 Å². The summed E-state index contributed by atoms with van der Waals surface area (Å²) < 4.78 is 0. The SMILES string of the molecule is CC12CC3=CC=NCC3=C(N1)c1ccccc12. The van der Waals surface area contributed by atoms with Crippen LogP contribution in [-0.2, 0) is 5.54 Å². The number of nitrogens with one attached hydrogen (secondary N) is 1. The molecule has 1 aromatic rings. The summed E-state index contributed by atoms with van der Waals surface area (Å²) in [6.45, 7) is 3.11. The summed E-state index contributed by atoms with van der Waals surface area (Å²) in [5.74, 6) is 0. The van der Waals surface area contributed by atoms with Crippen LogP contribution in [-0.4, -0.2) is 12.8 Å². The number of allylic oxidation sites excluding steroid dienone is 1. The van der Waals surface area contributed by atoms with Crippen LogP contribution in [0.3, 0.4) is 0 Å². The smallest absolute Gasteiger partial charge is 0.0662 e. The molecule has 0 saturated heterocycles. The predicted octanol–water partition coefficient (Wildman–Crippen LogP) is 2.63. The van der Waals surface area contributed by atoms with Gasteiger partial charge in [0.1, 0.15) is 0 Å². The monoisotopic (exact) mass is 222 g/mol. The number of hydrogen-bond donors (Lipinski definition) is 1. The Balaban J connectivity index is 2.05. The van der Waals surface area contributed by atoms with Gasteiger partial charge in [0.05, 0.1) is 12.1 Å². The minimum atomic E-state index is 0.0758. The van der Waals surface area contributed by atoms with Crippen molar-refractivity contribution in [3.8, 4) is 0 Å². The summed E-state index contributed by atoms with van der Waals surface area (Å²) in [6.07, 6.45) is 5.18. The van der Waals surface area contributed by atoms with Crippen LogP contribution in [0.25, 0.3) is 5.70 Å².